The first-order valence-corrected chi connectivity index (χ1v) is 7.89. The van der Waals surface area contributed by atoms with Crippen molar-refractivity contribution in [3.8, 4) is 0 Å². The Morgan fingerprint density at radius 2 is 2.00 bits per heavy atom. The molecule has 0 radical (unpaired) electrons. The number of fused-ring (bicyclic) bond motifs is 3. The van der Waals surface area contributed by atoms with Gasteiger partial charge < -0.3 is 20.1 Å². The summed E-state index contributed by atoms with van der Waals surface area (Å²) in [6.07, 6.45) is 1.26. The normalized spacial score (nSPS) is 17.8. The van der Waals surface area contributed by atoms with Crippen molar-refractivity contribution in [3.63, 3.8) is 0 Å². The molecule has 6 nitrogen and oxygen atoms in total. The molecule has 1 fully saturated rings. The number of rotatable bonds is 2. The molecule has 3 aromatic rings. The van der Waals surface area contributed by atoms with Crippen LogP contribution in [-0.2, 0) is 11.3 Å². The summed E-state index contributed by atoms with van der Waals surface area (Å²) in [5, 5.41) is 11.9. The Labute approximate surface area is 133 Å². The van der Waals surface area contributed by atoms with E-state index in [4.69, 9.17) is 10.5 Å². The van der Waals surface area contributed by atoms with Crippen molar-refractivity contribution in [2.75, 3.05) is 18.9 Å². The summed E-state index contributed by atoms with van der Waals surface area (Å²) < 4.78 is 7.45. The number of imidazole rings is 1. The van der Waals surface area contributed by atoms with Gasteiger partial charge in [-0.15, -0.1) is 0 Å². The first-order chi connectivity index (χ1) is 11.1. The SMILES string of the molecule is Cc1nc2c(N)nc3ccccc3c2n1CC1(O)CCOCC1. The quantitative estimate of drug-likeness (QED) is 0.756. The van der Waals surface area contributed by atoms with E-state index in [0.29, 0.717) is 43.9 Å². The molecule has 0 spiro atoms. The molecule has 1 aromatic carbocycles. The van der Waals surface area contributed by atoms with Crippen molar-refractivity contribution in [3.05, 3.63) is 30.1 Å². The van der Waals surface area contributed by atoms with Crippen LogP contribution < -0.4 is 5.73 Å². The van der Waals surface area contributed by atoms with Crippen molar-refractivity contribution < 1.29 is 9.84 Å². The van der Waals surface area contributed by atoms with Crippen molar-refractivity contribution in [2.24, 2.45) is 0 Å². The third-order valence-corrected chi connectivity index (χ3v) is 4.68. The lowest BCUT2D eigenvalue weighted by Gasteiger charge is -2.32. The molecular formula is C17H20N4O2. The maximum absolute atomic E-state index is 10.9. The van der Waals surface area contributed by atoms with Gasteiger partial charge in [-0.3, -0.25) is 0 Å². The van der Waals surface area contributed by atoms with Crippen molar-refractivity contribution in [1.82, 2.24) is 14.5 Å². The average molecular weight is 312 g/mol. The number of aryl methyl sites for hydroxylation is 1. The Morgan fingerprint density at radius 3 is 2.78 bits per heavy atom. The highest BCUT2D eigenvalue weighted by Crippen LogP contribution is 2.31. The summed E-state index contributed by atoms with van der Waals surface area (Å²) in [5.74, 6) is 1.27. The van der Waals surface area contributed by atoms with E-state index >= 15 is 0 Å². The van der Waals surface area contributed by atoms with Crippen LogP contribution in [0.25, 0.3) is 21.9 Å². The molecule has 0 atom stereocenters. The number of aromatic nitrogens is 3. The Kier molecular flexibility index (Phi) is 3.25. The first kappa shape index (κ1) is 14.4. The van der Waals surface area contributed by atoms with Gasteiger partial charge in [-0.25, -0.2) is 9.97 Å². The topological polar surface area (TPSA) is 86.2 Å². The molecule has 0 aliphatic carbocycles. The highest BCUT2D eigenvalue weighted by atomic mass is 16.5. The maximum Gasteiger partial charge on any atom is 0.152 e. The van der Waals surface area contributed by atoms with E-state index in [9.17, 15) is 5.11 Å². The number of aliphatic hydroxyl groups is 1. The van der Waals surface area contributed by atoms with Crippen LogP contribution in [-0.4, -0.2) is 38.5 Å². The zero-order valence-corrected chi connectivity index (χ0v) is 13.1. The maximum atomic E-state index is 10.9. The summed E-state index contributed by atoms with van der Waals surface area (Å²) in [5.41, 5.74) is 7.83. The summed E-state index contributed by atoms with van der Waals surface area (Å²) in [6, 6.07) is 7.90. The van der Waals surface area contributed by atoms with E-state index in [1.165, 1.54) is 0 Å². The van der Waals surface area contributed by atoms with E-state index in [2.05, 4.69) is 14.5 Å². The minimum absolute atomic E-state index is 0.430. The molecule has 2 aromatic heterocycles. The molecule has 120 valence electrons. The van der Waals surface area contributed by atoms with Gasteiger partial charge >= 0.3 is 0 Å². The number of ether oxygens (including phenoxy) is 1. The Hall–Kier alpha value is -2.18. The van der Waals surface area contributed by atoms with Crippen molar-refractivity contribution in [2.45, 2.75) is 31.9 Å². The predicted octanol–water partition coefficient (Wildman–Crippen LogP) is 2.02. The second-order valence-corrected chi connectivity index (χ2v) is 6.29. The van der Waals surface area contributed by atoms with Gasteiger partial charge in [0.05, 0.1) is 23.2 Å². The van der Waals surface area contributed by atoms with E-state index in [0.717, 1.165) is 22.2 Å². The largest absolute Gasteiger partial charge is 0.388 e. The lowest BCUT2D eigenvalue weighted by atomic mass is 9.94. The van der Waals surface area contributed by atoms with Crippen LogP contribution in [0.4, 0.5) is 5.82 Å². The molecule has 0 saturated carbocycles. The summed E-state index contributed by atoms with van der Waals surface area (Å²) >= 11 is 0. The second-order valence-electron chi connectivity index (χ2n) is 6.29. The fourth-order valence-corrected chi connectivity index (χ4v) is 3.37. The minimum atomic E-state index is -0.768. The third-order valence-electron chi connectivity index (χ3n) is 4.68. The lowest BCUT2D eigenvalue weighted by Crippen LogP contribution is -2.40. The Balaban J connectivity index is 1.93. The molecule has 1 aliphatic heterocycles. The molecule has 3 N–H and O–H groups in total. The van der Waals surface area contributed by atoms with Crippen LogP contribution in [0.2, 0.25) is 0 Å². The number of para-hydroxylation sites is 1. The number of nitrogens with zero attached hydrogens (tertiary/aromatic N) is 3. The summed E-state index contributed by atoms with van der Waals surface area (Å²) in [6.45, 7) is 3.61. The van der Waals surface area contributed by atoms with Crippen molar-refractivity contribution in [1.29, 1.82) is 0 Å². The number of hydrogen-bond acceptors (Lipinski definition) is 5. The molecule has 1 saturated heterocycles. The van der Waals surface area contributed by atoms with Gasteiger partial charge in [0.1, 0.15) is 11.3 Å². The number of pyridine rings is 1. The third kappa shape index (κ3) is 2.34. The molecule has 3 heterocycles. The Bertz CT molecular complexity index is 881. The van der Waals surface area contributed by atoms with Gasteiger partial charge in [0.25, 0.3) is 0 Å². The zero-order chi connectivity index (χ0) is 16.0. The standard InChI is InChI=1S/C17H20N4O2/c1-11-19-14-15(12-4-2-3-5-13(12)20-16(14)18)21(11)10-17(22)6-8-23-9-7-17/h2-5,22H,6-10H2,1H3,(H2,18,20). The molecule has 23 heavy (non-hydrogen) atoms. The monoisotopic (exact) mass is 312 g/mol. The van der Waals surface area contributed by atoms with Crippen LogP contribution in [0, 0.1) is 6.92 Å². The number of nitrogens with two attached hydrogens (primary N) is 1. The summed E-state index contributed by atoms with van der Waals surface area (Å²) in [4.78, 5) is 9.03. The van der Waals surface area contributed by atoms with Crippen molar-refractivity contribution >= 4 is 27.8 Å². The Morgan fingerprint density at radius 1 is 1.26 bits per heavy atom. The molecule has 4 rings (SSSR count). The first-order valence-electron chi connectivity index (χ1n) is 7.89. The summed E-state index contributed by atoms with van der Waals surface area (Å²) in [7, 11) is 0. The van der Waals surface area contributed by atoms with Crippen LogP contribution in [0.1, 0.15) is 18.7 Å². The average Bonchev–Trinajstić information content (AvgIpc) is 2.86. The highest BCUT2D eigenvalue weighted by Gasteiger charge is 2.31. The minimum Gasteiger partial charge on any atom is -0.388 e. The van der Waals surface area contributed by atoms with E-state index < -0.39 is 5.60 Å². The molecule has 0 bridgehead atoms. The van der Waals surface area contributed by atoms with Gasteiger partial charge in [-0.05, 0) is 13.0 Å². The van der Waals surface area contributed by atoms with Gasteiger partial charge in [-0.2, -0.15) is 0 Å². The molecule has 0 unspecified atom stereocenters. The molecular weight excluding hydrogens is 292 g/mol. The smallest absolute Gasteiger partial charge is 0.152 e. The van der Waals surface area contributed by atoms with E-state index in [1.54, 1.807) is 0 Å². The highest BCUT2D eigenvalue weighted by molar-refractivity contribution is 6.06. The van der Waals surface area contributed by atoms with Gasteiger partial charge in [-0.1, -0.05) is 18.2 Å². The lowest BCUT2D eigenvalue weighted by molar-refractivity contribution is -0.0724. The fraction of sp³-hybridized carbons (Fsp3) is 0.412. The van der Waals surface area contributed by atoms with Crippen LogP contribution in [0.3, 0.4) is 0 Å². The van der Waals surface area contributed by atoms with Crippen LogP contribution >= 0.6 is 0 Å². The number of anilines is 1. The number of nitrogen functional groups attached to an aromatic ring is 1. The molecule has 0 amide bonds. The molecule has 1 aliphatic rings. The van der Waals surface area contributed by atoms with Crippen LogP contribution in [0.15, 0.2) is 24.3 Å². The number of benzene rings is 1. The zero-order valence-electron chi connectivity index (χ0n) is 13.1. The molecule has 6 heteroatoms. The number of hydrogen-bond donors (Lipinski definition) is 2. The predicted molar refractivity (Wildman–Crippen MR) is 89.2 cm³/mol. The second kappa shape index (κ2) is 5.18. The van der Waals surface area contributed by atoms with Gasteiger partial charge in [0.15, 0.2) is 5.82 Å². The fourth-order valence-electron chi connectivity index (χ4n) is 3.37. The van der Waals surface area contributed by atoms with Crippen LogP contribution in [0.5, 0.6) is 0 Å². The van der Waals surface area contributed by atoms with E-state index in [1.807, 2.05) is 31.2 Å². The van der Waals surface area contributed by atoms with E-state index in [-0.39, 0.29) is 0 Å². The van der Waals surface area contributed by atoms with Gasteiger partial charge in [0, 0.05) is 31.4 Å². The van der Waals surface area contributed by atoms with Gasteiger partial charge in [0.2, 0.25) is 0 Å².